The van der Waals surface area contributed by atoms with Gasteiger partial charge in [-0.3, -0.25) is 0 Å². The van der Waals surface area contributed by atoms with Gasteiger partial charge in [0.15, 0.2) is 17.3 Å². The molecule has 0 aliphatic rings. The van der Waals surface area contributed by atoms with Crippen LogP contribution in [0.5, 0.6) is 11.5 Å². The Hall–Kier alpha value is -3.06. The molecule has 2 aromatic carbocycles. The molecule has 0 radical (unpaired) electrons. The van der Waals surface area contributed by atoms with Crippen LogP contribution >= 0.6 is 11.6 Å². The van der Waals surface area contributed by atoms with Crippen LogP contribution in [0.15, 0.2) is 42.6 Å². The fourth-order valence-electron chi connectivity index (χ4n) is 2.52. The van der Waals surface area contributed by atoms with Gasteiger partial charge in [0.25, 0.3) is 0 Å². The predicted molar refractivity (Wildman–Crippen MR) is 106 cm³/mol. The first kappa shape index (κ1) is 18.7. The Labute approximate surface area is 162 Å². The van der Waals surface area contributed by atoms with E-state index < -0.39 is 0 Å². The standard InChI is InChI=1S/C19H20ClN5O2/c1-12-8-14(20)5-6-15(12)23-18-11-22-25-19(24-18)21-10-13-4-7-16(26-2)17(9-13)27-3/h4-9,11H,10H2,1-3H3,(H2,21,23,24,25). The largest absolute Gasteiger partial charge is 0.493 e. The monoisotopic (exact) mass is 385 g/mol. The molecule has 1 heterocycles. The van der Waals surface area contributed by atoms with E-state index in [4.69, 9.17) is 21.1 Å². The molecule has 0 amide bonds. The number of methoxy groups -OCH3 is 2. The van der Waals surface area contributed by atoms with Crippen molar-refractivity contribution in [2.75, 3.05) is 24.9 Å². The number of hydrogen-bond acceptors (Lipinski definition) is 7. The molecule has 3 rings (SSSR count). The number of ether oxygens (including phenoxy) is 2. The summed E-state index contributed by atoms with van der Waals surface area (Å²) in [7, 11) is 3.21. The number of rotatable bonds is 7. The first-order valence-electron chi connectivity index (χ1n) is 8.26. The van der Waals surface area contributed by atoms with Crippen molar-refractivity contribution in [3.63, 3.8) is 0 Å². The Morgan fingerprint density at radius 3 is 2.59 bits per heavy atom. The Morgan fingerprint density at radius 2 is 1.85 bits per heavy atom. The maximum absolute atomic E-state index is 5.99. The summed E-state index contributed by atoms with van der Waals surface area (Å²) in [6.07, 6.45) is 1.57. The van der Waals surface area contributed by atoms with E-state index in [2.05, 4.69) is 25.8 Å². The quantitative estimate of drug-likeness (QED) is 0.630. The number of nitrogens with one attached hydrogen (secondary N) is 2. The molecule has 1 aromatic heterocycles. The summed E-state index contributed by atoms with van der Waals surface area (Å²) < 4.78 is 10.6. The van der Waals surface area contributed by atoms with Crippen molar-refractivity contribution >= 4 is 29.1 Å². The van der Waals surface area contributed by atoms with E-state index in [1.807, 2.05) is 43.3 Å². The zero-order valence-electron chi connectivity index (χ0n) is 15.3. The second kappa shape index (κ2) is 8.55. The molecule has 0 spiro atoms. The van der Waals surface area contributed by atoms with Crippen molar-refractivity contribution in [3.8, 4) is 11.5 Å². The minimum absolute atomic E-state index is 0.418. The lowest BCUT2D eigenvalue weighted by atomic mass is 10.2. The van der Waals surface area contributed by atoms with Gasteiger partial charge in [0.2, 0.25) is 5.95 Å². The van der Waals surface area contributed by atoms with Gasteiger partial charge in [-0.1, -0.05) is 17.7 Å². The van der Waals surface area contributed by atoms with E-state index in [0.29, 0.717) is 34.8 Å². The van der Waals surface area contributed by atoms with E-state index >= 15 is 0 Å². The Kier molecular flexibility index (Phi) is 5.93. The van der Waals surface area contributed by atoms with Crippen molar-refractivity contribution in [2.24, 2.45) is 0 Å². The zero-order chi connectivity index (χ0) is 19.2. The normalized spacial score (nSPS) is 10.4. The molecule has 0 saturated heterocycles. The van der Waals surface area contributed by atoms with Crippen molar-refractivity contribution in [2.45, 2.75) is 13.5 Å². The predicted octanol–water partition coefficient (Wildman–Crippen LogP) is 4.21. The zero-order valence-corrected chi connectivity index (χ0v) is 16.0. The third kappa shape index (κ3) is 4.77. The summed E-state index contributed by atoms with van der Waals surface area (Å²) in [5, 5.41) is 15.1. The molecule has 0 aliphatic heterocycles. The van der Waals surface area contributed by atoms with Gasteiger partial charge >= 0.3 is 0 Å². The highest BCUT2D eigenvalue weighted by atomic mass is 35.5. The number of anilines is 3. The van der Waals surface area contributed by atoms with Crippen molar-refractivity contribution < 1.29 is 9.47 Å². The molecule has 0 aliphatic carbocycles. The van der Waals surface area contributed by atoms with Gasteiger partial charge in [0, 0.05) is 17.3 Å². The van der Waals surface area contributed by atoms with Gasteiger partial charge in [0.1, 0.15) is 0 Å². The first-order chi connectivity index (χ1) is 13.1. The van der Waals surface area contributed by atoms with E-state index in [-0.39, 0.29) is 0 Å². The lowest BCUT2D eigenvalue weighted by Gasteiger charge is -2.11. The Balaban J connectivity index is 1.69. The molecule has 0 unspecified atom stereocenters. The Morgan fingerprint density at radius 1 is 1.04 bits per heavy atom. The lowest BCUT2D eigenvalue weighted by molar-refractivity contribution is 0.354. The molecule has 0 atom stereocenters. The number of halogens is 1. The van der Waals surface area contributed by atoms with Crippen LogP contribution in [0.25, 0.3) is 0 Å². The number of benzene rings is 2. The van der Waals surface area contributed by atoms with Crippen molar-refractivity contribution in [1.29, 1.82) is 0 Å². The molecule has 27 heavy (non-hydrogen) atoms. The van der Waals surface area contributed by atoms with Crippen LogP contribution < -0.4 is 20.1 Å². The first-order valence-corrected chi connectivity index (χ1v) is 8.64. The second-order valence-electron chi connectivity index (χ2n) is 5.79. The van der Waals surface area contributed by atoms with Crippen LogP contribution in [-0.2, 0) is 6.54 Å². The van der Waals surface area contributed by atoms with E-state index in [9.17, 15) is 0 Å². The molecule has 140 valence electrons. The van der Waals surface area contributed by atoms with Gasteiger partial charge < -0.3 is 20.1 Å². The summed E-state index contributed by atoms with van der Waals surface area (Å²) in [6, 6.07) is 11.3. The van der Waals surface area contributed by atoms with Crippen LogP contribution in [-0.4, -0.2) is 29.4 Å². The molecule has 3 aromatic rings. The molecule has 0 fully saturated rings. The molecular formula is C19H20ClN5O2. The summed E-state index contributed by atoms with van der Waals surface area (Å²) in [4.78, 5) is 4.44. The van der Waals surface area contributed by atoms with Crippen LogP contribution in [0.4, 0.5) is 17.5 Å². The van der Waals surface area contributed by atoms with E-state index in [1.54, 1.807) is 20.4 Å². The molecule has 8 heteroatoms. The van der Waals surface area contributed by atoms with Gasteiger partial charge in [-0.05, 0) is 48.4 Å². The topological polar surface area (TPSA) is 81.2 Å². The maximum Gasteiger partial charge on any atom is 0.244 e. The highest BCUT2D eigenvalue weighted by Gasteiger charge is 2.07. The highest BCUT2D eigenvalue weighted by molar-refractivity contribution is 6.30. The van der Waals surface area contributed by atoms with Crippen LogP contribution in [0.1, 0.15) is 11.1 Å². The van der Waals surface area contributed by atoms with E-state index in [1.165, 1.54) is 0 Å². The van der Waals surface area contributed by atoms with Gasteiger partial charge in [-0.15, -0.1) is 5.10 Å². The summed E-state index contributed by atoms with van der Waals surface area (Å²) in [5.74, 6) is 2.36. The van der Waals surface area contributed by atoms with Gasteiger partial charge in [-0.2, -0.15) is 10.1 Å². The third-order valence-corrected chi connectivity index (χ3v) is 4.14. The number of hydrogen-bond donors (Lipinski definition) is 2. The SMILES string of the molecule is COc1ccc(CNc2nncc(Nc3ccc(Cl)cc3C)n2)cc1OC. The van der Waals surface area contributed by atoms with Crippen LogP contribution in [0.2, 0.25) is 5.02 Å². The smallest absolute Gasteiger partial charge is 0.244 e. The molecule has 0 saturated carbocycles. The van der Waals surface area contributed by atoms with Crippen molar-refractivity contribution in [1.82, 2.24) is 15.2 Å². The average Bonchev–Trinajstić information content (AvgIpc) is 2.68. The molecule has 7 nitrogen and oxygen atoms in total. The summed E-state index contributed by atoms with van der Waals surface area (Å²) in [5.41, 5.74) is 2.93. The van der Waals surface area contributed by atoms with Crippen molar-refractivity contribution in [3.05, 3.63) is 58.7 Å². The second-order valence-corrected chi connectivity index (χ2v) is 6.23. The van der Waals surface area contributed by atoms with Gasteiger partial charge in [0.05, 0.1) is 20.4 Å². The minimum Gasteiger partial charge on any atom is -0.493 e. The van der Waals surface area contributed by atoms with Gasteiger partial charge in [-0.25, -0.2) is 0 Å². The molecular weight excluding hydrogens is 366 g/mol. The number of nitrogens with zero attached hydrogens (tertiary/aromatic N) is 3. The fraction of sp³-hybridized carbons (Fsp3) is 0.211. The lowest BCUT2D eigenvalue weighted by Crippen LogP contribution is -2.07. The minimum atomic E-state index is 0.418. The van der Waals surface area contributed by atoms with E-state index in [0.717, 1.165) is 16.8 Å². The average molecular weight is 386 g/mol. The number of aryl methyl sites for hydroxylation is 1. The van der Waals surface area contributed by atoms with Crippen LogP contribution in [0, 0.1) is 6.92 Å². The third-order valence-electron chi connectivity index (χ3n) is 3.91. The fourth-order valence-corrected chi connectivity index (χ4v) is 2.74. The Bertz CT molecular complexity index is 936. The molecule has 0 bridgehead atoms. The molecule has 2 N–H and O–H groups in total. The number of aromatic nitrogens is 3. The maximum atomic E-state index is 5.99. The highest BCUT2D eigenvalue weighted by Crippen LogP contribution is 2.28. The van der Waals surface area contributed by atoms with Crippen LogP contribution in [0.3, 0.4) is 0 Å². The summed E-state index contributed by atoms with van der Waals surface area (Å²) >= 11 is 5.99. The summed E-state index contributed by atoms with van der Waals surface area (Å²) in [6.45, 7) is 2.49.